The van der Waals surface area contributed by atoms with Crippen molar-refractivity contribution in [2.45, 2.75) is 19.4 Å². The Bertz CT molecular complexity index is 658. The van der Waals surface area contributed by atoms with Crippen LogP contribution in [0.1, 0.15) is 13.3 Å². The van der Waals surface area contributed by atoms with Gasteiger partial charge in [-0.1, -0.05) is 16.0 Å². The number of hydrogen-bond donors (Lipinski definition) is 2. The maximum Gasteiger partial charge on any atom is 0.395 e. The standard InChI is InChI=1S/C13H17N3O5/c1-2-20-8-9(17)6-7-21-11-5-3-4-10-12(11)14-13(18)15-16(10)19/h3-5,9,17H,2,6-8H2,1H3,(H,14,15,18). The van der Waals surface area contributed by atoms with Crippen LogP contribution in [0.2, 0.25) is 0 Å². The molecule has 1 atom stereocenters. The van der Waals surface area contributed by atoms with E-state index in [0.717, 1.165) is 0 Å². The van der Waals surface area contributed by atoms with Crippen molar-refractivity contribution in [3.05, 3.63) is 33.9 Å². The summed E-state index contributed by atoms with van der Waals surface area (Å²) in [5, 5.41) is 23.2. The zero-order valence-electron chi connectivity index (χ0n) is 11.6. The summed E-state index contributed by atoms with van der Waals surface area (Å²) in [7, 11) is 0. The minimum Gasteiger partial charge on any atom is -0.595 e. The van der Waals surface area contributed by atoms with Crippen LogP contribution in [0.4, 0.5) is 0 Å². The van der Waals surface area contributed by atoms with Crippen molar-refractivity contribution in [1.29, 1.82) is 0 Å². The monoisotopic (exact) mass is 295 g/mol. The van der Waals surface area contributed by atoms with E-state index in [1.54, 1.807) is 12.1 Å². The Kier molecular flexibility index (Phi) is 5.07. The molecule has 2 rings (SSSR count). The molecule has 0 radical (unpaired) electrons. The van der Waals surface area contributed by atoms with Crippen LogP contribution in [0.15, 0.2) is 23.0 Å². The van der Waals surface area contributed by atoms with E-state index < -0.39 is 11.8 Å². The molecule has 0 saturated carbocycles. The quantitative estimate of drug-likeness (QED) is 0.537. The molecule has 0 aliphatic carbocycles. The average molecular weight is 295 g/mol. The summed E-state index contributed by atoms with van der Waals surface area (Å²) in [6, 6.07) is 4.77. The van der Waals surface area contributed by atoms with Gasteiger partial charge >= 0.3 is 5.69 Å². The topological polar surface area (TPSA) is 111 Å². The second kappa shape index (κ2) is 7.00. The van der Waals surface area contributed by atoms with Crippen LogP contribution in [0.3, 0.4) is 0 Å². The van der Waals surface area contributed by atoms with Gasteiger partial charge in [0.15, 0.2) is 11.3 Å². The highest BCUT2D eigenvalue weighted by Crippen LogP contribution is 2.20. The van der Waals surface area contributed by atoms with Gasteiger partial charge in [-0.05, 0) is 13.0 Å². The molecule has 1 aromatic heterocycles. The van der Waals surface area contributed by atoms with Gasteiger partial charge in [0, 0.05) is 19.1 Å². The number of aliphatic hydroxyl groups excluding tert-OH is 1. The number of fused-ring (bicyclic) bond motifs is 1. The minimum atomic E-state index is -0.745. The Morgan fingerprint density at radius 3 is 3.10 bits per heavy atom. The lowest BCUT2D eigenvalue weighted by Crippen LogP contribution is -2.39. The molecule has 0 spiro atoms. The van der Waals surface area contributed by atoms with Gasteiger partial charge in [0.05, 0.1) is 19.3 Å². The number of nitrogens with zero attached hydrogens (tertiary/aromatic N) is 2. The van der Waals surface area contributed by atoms with Crippen molar-refractivity contribution in [3.8, 4) is 5.75 Å². The number of aromatic nitrogens is 3. The zero-order valence-corrected chi connectivity index (χ0v) is 11.6. The van der Waals surface area contributed by atoms with E-state index in [0.29, 0.717) is 23.6 Å². The molecule has 0 aliphatic heterocycles. The van der Waals surface area contributed by atoms with Crippen LogP contribution in [-0.2, 0) is 4.74 Å². The largest absolute Gasteiger partial charge is 0.595 e. The van der Waals surface area contributed by atoms with Crippen molar-refractivity contribution < 1.29 is 19.4 Å². The Hall–Kier alpha value is -2.19. The van der Waals surface area contributed by atoms with Gasteiger partial charge in [0.2, 0.25) is 0 Å². The lowest BCUT2D eigenvalue weighted by Gasteiger charge is -2.12. The lowest BCUT2D eigenvalue weighted by atomic mass is 10.2. The Morgan fingerprint density at radius 2 is 2.33 bits per heavy atom. The summed E-state index contributed by atoms with van der Waals surface area (Å²) >= 11 is 0. The van der Waals surface area contributed by atoms with E-state index in [1.165, 1.54) is 6.07 Å². The minimum absolute atomic E-state index is 0.190. The summed E-state index contributed by atoms with van der Waals surface area (Å²) in [4.78, 5) is 15.3. The molecule has 0 bridgehead atoms. The maximum atomic E-state index is 11.6. The van der Waals surface area contributed by atoms with Crippen molar-refractivity contribution in [2.24, 2.45) is 0 Å². The first-order valence-electron chi connectivity index (χ1n) is 6.63. The van der Waals surface area contributed by atoms with Crippen LogP contribution in [-0.4, -0.2) is 41.1 Å². The summed E-state index contributed by atoms with van der Waals surface area (Å²) in [5.41, 5.74) is -0.345. The van der Waals surface area contributed by atoms with Gasteiger partial charge in [0.25, 0.3) is 5.52 Å². The van der Waals surface area contributed by atoms with E-state index >= 15 is 0 Å². The molecule has 21 heavy (non-hydrogen) atoms. The van der Waals surface area contributed by atoms with Gasteiger partial charge in [-0.25, -0.2) is 4.79 Å². The van der Waals surface area contributed by atoms with Gasteiger partial charge < -0.3 is 19.8 Å². The number of benzene rings is 1. The molecule has 2 N–H and O–H groups in total. The number of nitrogens with one attached hydrogen (secondary N) is 1. The van der Waals surface area contributed by atoms with Crippen molar-refractivity contribution >= 4 is 11.0 Å². The normalized spacial score (nSPS) is 12.5. The summed E-state index contributed by atoms with van der Waals surface area (Å²) in [5.74, 6) is 0.326. The predicted octanol–water partition coefficient (Wildman–Crippen LogP) is -0.277. The van der Waals surface area contributed by atoms with Crippen LogP contribution in [0.25, 0.3) is 11.0 Å². The second-order valence-electron chi connectivity index (χ2n) is 4.40. The SMILES string of the molecule is CCOCC(O)CCOc1cccc2c1nc(=O)[nH][n+]2[O-]. The molecular weight excluding hydrogens is 278 g/mol. The fraction of sp³-hybridized carbons (Fsp3) is 0.462. The number of hydrogen-bond acceptors (Lipinski definition) is 6. The molecule has 8 nitrogen and oxygen atoms in total. The molecule has 8 heteroatoms. The van der Waals surface area contributed by atoms with Gasteiger partial charge in [0.1, 0.15) is 0 Å². The van der Waals surface area contributed by atoms with E-state index in [9.17, 15) is 15.1 Å². The molecule has 0 amide bonds. The highest BCUT2D eigenvalue weighted by atomic mass is 16.5. The Morgan fingerprint density at radius 1 is 1.52 bits per heavy atom. The zero-order chi connectivity index (χ0) is 15.2. The van der Waals surface area contributed by atoms with E-state index in [1.807, 2.05) is 12.0 Å². The maximum absolute atomic E-state index is 11.6. The first kappa shape index (κ1) is 15.2. The molecule has 1 aromatic carbocycles. The van der Waals surface area contributed by atoms with E-state index in [4.69, 9.17) is 9.47 Å². The number of rotatable bonds is 7. The Balaban J connectivity index is 2.07. The second-order valence-corrected chi connectivity index (χ2v) is 4.40. The summed E-state index contributed by atoms with van der Waals surface area (Å²) < 4.78 is 10.6. The number of para-hydroxylation sites is 1. The molecule has 114 valence electrons. The van der Waals surface area contributed by atoms with Gasteiger partial charge in [-0.3, -0.25) is 0 Å². The molecular formula is C13H17N3O5. The highest BCUT2D eigenvalue weighted by Gasteiger charge is 2.13. The average Bonchev–Trinajstić information content (AvgIpc) is 2.45. The molecule has 0 fully saturated rings. The molecule has 2 aromatic rings. The van der Waals surface area contributed by atoms with Crippen molar-refractivity contribution in [2.75, 3.05) is 19.8 Å². The number of aliphatic hydroxyl groups is 1. The van der Waals surface area contributed by atoms with Crippen molar-refractivity contribution in [3.63, 3.8) is 0 Å². The Labute approximate surface area is 120 Å². The van der Waals surface area contributed by atoms with Crippen LogP contribution in [0.5, 0.6) is 5.75 Å². The number of aromatic amines is 1. The smallest absolute Gasteiger partial charge is 0.395 e. The number of ether oxygens (including phenoxy) is 2. The molecule has 0 saturated heterocycles. The van der Waals surface area contributed by atoms with E-state index in [-0.39, 0.29) is 24.2 Å². The lowest BCUT2D eigenvalue weighted by molar-refractivity contribution is -0.644. The summed E-state index contributed by atoms with van der Waals surface area (Å²) in [6.45, 7) is 2.85. The molecule has 1 unspecified atom stereocenters. The first-order chi connectivity index (χ1) is 10.1. The van der Waals surface area contributed by atoms with E-state index in [2.05, 4.69) is 4.98 Å². The van der Waals surface area contributed by atoms with Crippen molar-refractivity contribution in [1.82, 2.24) is 10.1 Å². The predicted molar refractivity (Wildman–Crippen MR) is 73.9 cm³/mol. The third-order valence-electron chi connectivity index (χ3n) is 2.83. The third-order valence-corrected chi connectivity index (χ3v) is 2.83. The third kappa shape index (κ3) is 3.89. The van der Waals surface area contributed by atoms with Crippen LogP contribution >= 0.6 is 0 Å². The number of H-pyrrole nitrogens is 1. The van der Waals surface area contributed by atoms with Crippen LogP contribution in [0, 0.1) is 5.21 Å². The molecule has 0 aliphatic rings. The summed E-state index contributed by atoms with van der Waals surface area (Å²) in [6.07, 6.45) is -0.252. The van der Waals surface area contributed by atoms with Gasteiger partial charge in [-0.15, -0.1) is 0 Å². The molecule has 1 heterocycles. The fourth-order valence-electron chi connectivity index (χ4n) is 1.82. The van der Waals surface area contributed by atoms with Crippen LogP contribution < -0.4 is 15.3 Å². The van der Waals surface area contributed by atoms with Gasteiger partial charge in [-0.2, -0.15) is 4.98 Å². The fourth-order valence-corrected chi connectivity index (χ4v) is 1.82. The first-order valence-corrected chi connectivity index (χ1v) is 6.63. The highest BCUT2D eigenvalue weighted by molar-refractivity contribution is 5.77.